The van der Waals surface area contributed by atoms with Gasteiger partial charge in [-0.05, 0) is 16.7 Å². The highest BCUT2D eigenvalue weighted by atomic mass is 16.6. The molecule has 1 N–H and O–H groups in total. The first-order chi connectivity index (χ1) is 9.74. The maximum absolute atomic E-state index is 10.8. The molecule has 0 spiro atoms. The third-order valence-electron chi connectivity index (χ3n) is 3.31. The Morgan fingerprint density at radius 3 is 2.30 bits per heavy atom. The van der Waals surface area contributed by atoms with Crippen molar-refractivity contribution in [1.29, 1.82) is 0 Å². The summed E-state index contributed by atoms with van der Waals surface area (Å²) in [4.78, 5) is 16.0. The maximum atomic E-state index is 10.8. The Morgan fingerprint density at radius 2 is 1.70 bits per heavy atom. The Kier molecular flexibility index (Phi) is 3.21. The largest absolute Gasteiger partial charge is 0.477 e. The molecule has 4 heteroatoms. The highest BCUT2D eigenvalue weighted by Gasteiger charge is 2.26. The molecule has 4 nitrogen and oxygen atoms in total. The van der Waals surface area contributed by atoms with E-state index < -0.39 is 5.97 Å². The number of carboxylic acid groups (broad SMARTS) is 1. The van der Waals surface area contributed by atoms with Gasteiger partial charge >= 0.3 is 5.97 Å². The van der Waals surface area contributed by atoms with Crippen molar-refractivity contribution in [2.24, 2.45) is 5.16 Å². The van der Waals surface area contributed by atoms with E-state index in [9.17, 15) is 4.79 Å². The molecule has 1 atom stereocenters. The van der Waals surface area contributed by atoms with Gasteiger partial charge in [0.1, 0.15) is 0 Å². The van der Waals surface area contributed by atoms with Crippen molar-refractivity contribution in [3.63, 3.8) is 0 Å². The normalized spacial score (nSPS) is 17.4. The summed E-state index contributed by atoms with van der Waals surface area (Å²) in [6, 6.07) is 18.0. The minimum Gasteiger partial charge on any atom is -0.477 e. The number of hydrogen-bond donors (Lipinski definition) is 1. The summed E-state index contributed by atoms with van der Waals surface area (Å²) in [5.41, 5.74) is 3.27. The highest BCUT2D eigenvalue weighted by Crippen LogP contribution is 2.29. The standard InChI is InChI=1S/C16H13NO3/c18-16(19)14-10-15(20-17-14)13-8-6-12(7-9-13)11-4-2-1-3-5-11/h1-9,15H,10H2,(H,18,19). The summed E-state index contributed by atoms with van der Waals surface area (Å²) in [7, 11) is 0. The first-order valence-electron chi connectivity index (χ1n) is 6.35. The fraction of sp³-hybridized carbons (Fsp3) is 0.125. The zero-order chi connectivity index (χ0) is 13.9. The molecule has 2 aromatic carbocycles. The van der Waals surface area contributed by atoms with Gasteiger partial charge in [0.2, 0.25) is 0 Å². The number of hydrogen-bond acceptors (Lipinski definition) is 3. The summed E-state index contributed by atoms with van der Waals surface area (Å²) < 4.78 is 0. The predicted octanol–water partition coefficient (Wildman–Crippen LogP) is 3.26. The van der Waals surface area contributed by atoms with Gasteiger partial charge in [-0.2, -0.15) is 0 Å². The minimum absolute atomic E-state index is 0.0714. The van der Waals surface area contributed by atoms with Crippen molar-refractivity contribution in [3.05, 3.63) is 60.2 Å². The summed E-state index contributed by atoms with van der Waals surface area (Å²) in [5.74, 6) is -1.02. The highest BCUT2D eigenvalue weighted by molar-refractivity contribution is 6.35. The maximum Gasteiger partial charge on any atom is 0.353 e. The lowest BCUT2D eigenvalue weighted by Crippen LogP contribution is -2.11. The molecule has 0 aromatic heterocycles. The van der Waals surface area contributed by atoms with Gasteiger partial charge in [-0.1, -0.05) is 59.8 Å². The first kappa shape index (κ1) is 12.4. The van der Waals surface area contributed by atoms with Crippen molar-refractivity contribution < 1.29 is 14.7 Å². The lowest BCUT2D eigenvalue weighted by molar-refractivity contribution is -0.129. The molecule has 20 heavy (non-hydrogen) atoms. The van der Waals surface area contributed by atoms with Gasteiger partial charge in [0.05, 0.1) is 0 Å². The second kappa shape index (κ2) is 5.17. The van der Waals surface area contributed by atoms with Crippen molar-refractivity contribution >= 4 is 11.7 Å². The van der Waals surface area contributed by atoms with Crippen molar-refractivity contribution in [2.45, 2.75) is 12.5 Å². The summed E-state index contributed by atoms with van der Waals surface area (Å²) >= 11 is 0. The molecule has 1 heterocycles. The van der Waals surface area contributed by atoms with Crippen molar-refractivity contribution in [2.75, 3.05) is 0 Å². The zero-order valence-corrected chi connectivity index (χ0v) is 10.7. The molecule has 0 saturated heterocycles. The average molecular weight is 267 g/mol. The molecule has 1 unspecified atom stereocenters. The molecule has 3 rings (SSSR count). The van der Waals surface area contributed by atoms with E-state index in [4.69, 9.17) is 9.94 Å². The number of nitrogens with zero attached hydrogens (tertiary/aromatic N) is 1. The van der Waals surface area contributed by atoms with E-state index >= 15 is 0 Å². The van der Waals surface area contributed by atoms with Gasteiger partial charge in [0.25, 0.3) is 0 Å². The molecule has 0 saturated carbocycles. The fourth-order valence-electron chi connectivity index (χ4n) is 2.20. The van der Waals surface area contributed by atoms with Crippen molar-refractivity contribution in [1.82, 2.24) is 0 Å². The fourth-order valence-corrected chi connectivity index (χ4v) is 2.20. The molecular formula is C16H13NO3. The zero-order valence-electron chi connectivity index (χ0n) is 10.7. The van der Waals surface area contributed by atoms with Gasteiger partial charge < -0.3 is 9.94 Å². The third kappa shape index (κ3) is 2.40. The lowest BCUT2D eigenvalue weighted by atomic mass is 10.00. The van der Waals surface area contributed by atoms with Gasteiger partial charge in [-0.15, -0.1) is 0 Å². The van der Waals surface area contributed by atoms with E-state index in [-0.39, 0.29) is 11.8 Å². The topological polar surface area (TPSA) is 58.9 Å². The van der Waals surface area contributed by atoms with Crippen LogP contribution in [0.5, 0.6) is 0 Å². The molecule has 1 aliphatic heterocycles. The molecule has 0 amide bonds. The van der Waals surface area contributed by atoms with Crippen LogP contribution < -0.4 is 0 Å². The van der Waals surface area contributed by atoms with Crippen LogP contribution in [0.1, 0.15) is 18.1 Å². The summed E-state index contributed by atoms with van der Waals surface area (Å²) in [6.07, 6.45) is 0.00550. The molecule has 0 radical (unpaired) electrons. The van der Waals surface area contributed by atoms with Crippen LogP contribution in [0.25, 0.3) is 11.1 Å². The van der Waals surface area contributed by atoms with Crippen LogP contribution in [0.15, 0.2) is 59.8 Å². The lowest BCUT2D eigenvalue weighted by Gasteiger charge is -2.09. The first-order valence-corrected chi connectivity index (χ1v) is 6.35. The van der Waals surface area contributed by atoms with Crippen LogP contribution in [-0.2, 0) is 9.63 Å². The van der Waals surface area contributed by atoms with Crippen LogP contribution in [0.2, 0.25) is 0 Å². The molecule has 2 aromatic rings. The molecular weight excluding hydrogens is 254 g/mol. The van der Waals surface area contributed by atoms with E-state index in [1.165, 1.54) is 0 Å². The van der Waals surface area contributed by atoms with E-state index in [2.05, 4.69) is 5.16 Å². The SMILES string of the molecule is O=C(O)C1=NOC(c2ccc(-c3ccccc3)cc2)C1. The molecule has 100 valence electrons. The Bertz CT molecular complexity index is 647. The average Bonchev–Trinajstić information content (AvgIpc) is 2.98. The van der Waals surface area contributed by atoms with E-state index in [1.54, 1.807) is 0 Å². The number of aliphatic carboxylic acids is 1. The van der Waals surface area contributed by atoms with Gasteiger partial charge in [0, 0.05) is 6.42 Å². The number of rotatable bonds is 3. The summed E-state index contributed by atoms with van der Waals surface area (Å²) in [6.45, 7) is 0. The van der Waals surface area contributed by atoms with E-state index in [1.807, 2.05) is 54.6 Å². The van der Waals surface area contributed by atoms with Crippen LogP contribution in [0, 0.1) is 0 Å². The monoisotopic (exact) mass is 267 g/mol. The number of benzene rings is 2. The quantitative estimate of drug-likeness (QED) is 0.928. The second-order valence-electron chi connectivity index (χ2n) is 4.63. The smallest absolute Gasteiger partial charge is 0.353 e. The van der Waals surface area contributed by atoms with Crippen LogP contribution in [0.3, 0.4) is 0 Å². The molecule has 0 bridgehead atoms. The second-order valence-corrected chi connectivity index (χ2v) is 4.63. The number of oxime groups is 1. The number of carbonyl (C=O) groups is 1. The summed E-state index contributed by atoms with van der Waals surface area (Å²) in [5, 5.41) is 12.5. The molecule has 0 fully saturated rings. The predicted molar refractivity (Wildman–Crippen MR) is 75.4 cm³/mol. The number of carboxylic acids is 1. The van der Waals surface area contributed by atoms with Gasteiger partial charge in [-0.25, -0.2) is 4.79 Å². The van der Waals surface area contributed by atoms with E-state index in [0.29, 0.717) is 6.42 Å². The van der Waals surface area contributed by atoms with E-state index in [0.717, 1.165) is 16.7 Å². The van der Waals surface area contributed by atoms with Crippen LogP contribution in [-0.4, -0.2) is 16.8 Å². The van der Waals surface area contributed by atoms with Crippen molar-refractivity contribution in [3.8, 4) is 11.1 Å². The third-order valence-corrected chi connectivity index (χ3v) is 3.31. The molecule has 0 aliphatic carbocycles. The Hall–Kier alpha value is -2.62. The van der Waals surface area contributed by atoms with Gasteiger partial charge in [-0.3, -0.25) is 0 Å². The minimum atomic E-state index is -1.02. The molecule has 1 aliphatic rings. The van der Waals surface area contributed by atoms with Crippen LogP contribution in [0.4, 0.5) is 0 Å². The van der Waals surface area contributed by atoms with Crippen LogP contribution >= 0.6 is 0 Å². The Labute approximate surface area is 116 Å². The van der Waals surface area contributed by atoms with Gasteiger partial charge in [0.15, 0.2) is 11.8 Å². The Balaban J connectivity index is 1.77. The Morgan fingerprint density at radius 1 is 1.05 bits per heavy atom.